The average Bonchev–Trinajstić information content (AvgIpc) is 2.73. The van der Waals surface area contributed by atoms with E-state index >= 15 is 0 Å². The molecule has 0 aromatic heterocycles. The van der Waals surface area contributed by atoms with Crippen molar-refractivity contribution >= 4 is 35.2 Å². The molecule has 0 atom stereocenters. The Labute approximate surface area is 179 Å². The summed E-state index contributed by atoms with van der Waals surface area (Å²) in [4.78, 5) is 25.0. The van der Waals surface area contributed by atoms with Crippen LogP contribution in [-0.2, 0) is 11.3 Å². The van der Waals surface area contributed by atoms with Crippen molar-refractivity contribution in [1.29, 1.82) is 0 Å². The third kappa shape index (κ3) is 4.36. The Kier molecular flexibility index (Phi) is 5.55. The number of amides is 2. The van der Waals surface area contributed by atoms with Crippen molar-refractivity contribution in [2.24, 2.45) is 0 Å². The van der Waals surface area contributed by atoms with E-state index in [2.05, 4.69) is 10.6 Å². The molecule has 150 valence electrons. The Morgan fingerprint density at radius 3 is 2.73 bits per heavy atom. The largest absolute Gasteiger partial charge is 0.449 e. The lowest BCUT2D eigenvalue weighted by Gasteiger charge is -2.20. The minimum absolute atomic E-state index is 0.154. The summed E-state index contributed by atoms with van der Waals surface area (Å²) in [6, 6.07) is 19.9. The van der Waals surface area contributed by atoms with Crippen LogP contribution in [0.2, 0.25) is 5.02 Å². The van der Waals surface area contributed by atoms with Crippen molar-refractivity contribution < 1.29 is 14.3 Å². The number of halogens is 1. The number of nitrogens with one attached hydrogen (secondary N) is 2. The van der Waals surface area contributed by atoms with Gasteiger partial charge in [0.1, 0.15) is 0 Å². The van der Waals surface area contributed by atoms with E-state index in [4.69, 9.17) is 16.3 Å². The number of fused-ring (bicyclic) bond motifs is 1. The van der Waals surface area contributed by atoms with Crippen LogP contribution in [-0.4, -0.2) is 11.8 Å². The molecule has 0 aliphatic carbocycles. The Hall–Kier alpha value is -3.57. The Balaban J connectivity index is 1.49. The second-order valence-electron chi connectivity index (χ2n) is 6.94. The van der Waals surface area contributed by atoms with Gasteiger partial charge >= 0.3 is 0 Å². The number of aryl methyl sites for hydroxylation is 1. The van der Waals surface area contributed by atoms with Crippen LogP contribution in [0.25, 0.3) is 6.08 Å². The molecule has 5 nitrogen and oxygen atoms in total. The number of benzene rings is 3. The standard InChI is InChI=1S/C24H19ClN2O3/c1-15-5-2-3-7-18(15)14-26-23(28)17-9-10-21-20(13-17)27-24(29)22(30-21)12-16-6-4-8-19(25)11-16/h2-13H,14H2,1H3,(H,26,28)(H,27,29)/b22-12+. The maximum Gasteiger partial charge on any atom is 0.291 e. The number of hydrogen-bond acceptors (Lipinski definition) is 3. The van der Waals surface area contributed by atoms with Crippen LogP contribution in [0.5, 0.6) is 5.75 Å². The summed E-state index contributed by atoms with van der Waals surface area (Å²) in [5.41, 5.74) is 3.81. The molecule has 0 bridgehead atoms. The SMILES string of the molecule is Cc1ccccc1CNC(=O)c1ccc2c(c1)NC(=O)/C(=C\c1cccc(Cl)c1)O2. The first-order valence-electron chi connectivity index (χ1n) is 9.43. The average molecular weight is 419 g/mol. The quantitative estimate of drug-likeness (QED) is 0.589. The Morgan fingerprint density at radius 1 is 1.10 bits per heavy atom. The lowest BCUT2D eigenvalue weighted by Crippen LogP contribution is -2.26. The van der Waals surface area contributed by atoms with Gasteiger partial charge in [0.2, 0.25) is 0 Å². The predicted octanol–water partition coefficient (Wildman–Crippen LogP) is 4.95. The molecule has 6 heteroatoms. The van der Waals surface area contributed by atoms with E-state index in [0.717, 1.165) is 16.7 Å². The summed E-state index contributed by atoms with van der Waals surface area (Å²) in [5.74, 6) is 0.00960. The summed E-state index contributed by atoms with van der Waals surface area (Å²) in [6.45, 7) is 2.43. The zero-order valence-corrected chi connectivity index (χ0v) is 17.0. The molecular formula is C24H19ClN2O3. The van der Waals surface area contributed by atoms with E-state index in [9.17, 15) is 9.59 Å². The molecule has 1 heterocycles. The van der Waals surface area contributed by atoms with Crippen LogP contribution in [0.1, 0.15) is 27.0 Å². The van der Waals surface area contributed by atoms with Crippen LogP contribution >= 0.6 is 11.6 Å². The first-order valence-corrected chi connectivity index (χ1v) is 9.80. The predicted molar refractivity (Wildman–Crippen MR) is 117 cm³/mol. The van der Waals surface area contributed by atoms with E-state index in [-0.39, 0.29) is 17.6 Å². The van der Waals surface area contributed by atoms with Crippen molar-refractivity contribution in [2.75, 3.05) is 5.32 Å². The van der Waals surface area contributed by atoms with Crippen molar-refractivity contribution in [3.8, 4) is 5.75 Å². The number of carbonyl (C=O) groups is 2. The monoisotopic (exact) mass is 418 g/mol. The van der Waals surface area contributed by atoms with Gasteiger partial charge in [0.05, 0.1) is 5.69 Å². The molecule has 0 radical (unpaired) electrons. The van der Waals surface area contributed by atoms with E-state index < -0.39 is 0 Å². The second kappa shape index (κ2) is 8.43. The van der Waals surface area contributed by atoms with Crippen LogP contribution in [0.15, 0.2) is 72.5 Å². The van der Waals surface area contributed by atoms with E-state index in [1.165, 1.54) is 0 Å². The van der Waals surface area contributed by atoms with Crippen molar-refractivity contribution in [3.05, 3.63) is 99.8 Å². The fraction of sp³-hybridized carbons (Fsp3) is 0.0833. The van der Waals surface area contributed by atoms with Crippen LogP contribution in [0.3, 0.4) is 0 Å². The van der Waals surface area contributed by atoms with Crippen molar-refractivity contribution in [2.45, 2.75) is 13.5 Å². The van der Waals surface area contributed by atoms with Gasteiger partial charge in [-0.2, -0.15) is 0 Å². The third-order valence-corrected chi connectivity index (χ3v) is 5.02. The number of anilines is 1. The number of ether oxygens (including phenoxy) is 1. The summed E-state index contributed by atoms with van der Waals surface area (Å²) >= 11 is 5.99. The summed E-state index contributed by atoms with van der Waals surface area (Å²) in [7, 11) is 0. The van der Waals surface area contributed by atoms with E-state index in [0.29, 0.717) is 28.6 Å². The van der Waals surface area contributed by atoms with Gasteiger partial charge in [-0.25, -0.2) is 0 Å². The highest BCUT2D eigenvalue weighted by molar-refractivity contribution is 6.30. The van der Waals surface area contributed by atoms with Crippen LogP contribution in [0, 0.1) is 6.92 Å². The smallest absolute Gasteiger partial charge is 0.291 e. The van der Waals surface area contributed by atoms with Crippen molar-refractivity contribution in [1.82, 2.24) is 5.32 Å². The highest BCUT2D eigenvalue weighted by Gasteiger charge is 2.23. The molecule has 3 aromatic rings. The Bertz CT molecular complexity index is 1170. The van der Waals surface area contributed by atoms with Gasteiger partial charge in [-0.15, -0.1) is 0 Å². The second-order valence-corrected chi connectivity index (χ2v) is 7.38. The van der Waals surface area contributed by atoms with Gasteiger partial charge in [-0.1, -0.05) is 48.0 Å². The Morgan fingerprint density at radius 2 is 1.93 bits per heavy atom. The van der Waals surface area contributed by atoms with Crippen LogP contribution in [0.4, 0.5) is 5.69 Å². The van der Waals surface area contributed by atoms with Gasteiger partial charge in [-0.3, -0.25) is 9.59 Å². The minimum atomic E-state index is -0.389. The van der Waals surface area contributed by atoms with E-state index in [1.807, 2.05) is 37.3 Å². The fourth-order valence-electron chi connectivity index (χ4n) is 3.14. The lowest BCUT2D eigenvalue weighted by atomic mass is 10.1. The topological polar surface area (TPSA) is 67.4 Å². The number of rotatable bonds is 4. The van der Waals surface area contributed by atoms with Gasteiger partial charge in [-0.05, 0) is 60.0 Å². The number of carbonyl (C=O) groups excluding carboxylic acids is 2. The summed E-state index contributed by atoms with van der Waals surface area (Å²) in [5, 5.41) is 6.25. The lowest BCUT2D eigenvalue weighted by molar-refractivity contribution is -0.115. The molecular weight excluding hydrogens is 400 g/mol. The zero-order valence-electron chi connectivity index (χ0n) is 16.2. The maximum atomic E-state index is 12.5. The summed E-state index contributed by atoms with van der Waals surface area (Å²) < 4.78 is 5.74. The van der Waals surface area contributed by atoms with Crippen LogP contribution < -0.4 is 15.4 Å². The molecule has 4 rings (SSSR count). The van der Waals surface area contributed by atoms with Gasteiger partial charge in [0.15, 0.2) is 11.5 Å². The first-order chi connectivity index (χ1) is 14.5. The minimum Gasteiger partial charge on any atom is -0.449 e. The van der Waals surface area contributed by atoms with Gasteiger partial charge in [0, 0.05) is 17.1 Å². The molecule has 1 aliphatic rings. The molecule has 0 unspecified atom stereocenters. The normalized spacial score (nSPS) is 13.9. The molecule has 0 fully saturated rings. The number of hydrogen-bond donors (Lipinski definition) is 2. The van der Waals surface area contributed by atoms with E-state index in [1.54, 1.807) is 42.5 Å². The fourth-order valence-corrected chi connectivity index (χ4v) is 3.33. The highest BCUT2D eigenvalue weighted by atomic mass is 35.5. The highest BCUT2D eigenvalue weighted by Crippen LogP contribution is 2.32. The molecule has 30 heavy (non-hydrogen) atoms. The van der Waals surface area contributed by atoms with Gasteiger partial charge in [0.25, 0.3) is 11.8 Å². The molecule has 0 spiro atoms. The maximum absolute atomic E-state index is 12.5. The van der Waals surface area contributed by atoms with Gasteiger partial charge < -0.3 is 15.4 Å². The zero-order chi connectivity index (χ0) is 21.1. The molecule has 2 amide bonds. The molecule has 0 saturated carbocycles. The summed E-state index contributed by atoms with van der Waals surface area (Å²) in [6.07, 6.45) is 1.62. The van der Waals surface area contributed by atoms with Crippen molar-refractivity contribution in [3.63, 3.8) is 0 Å². The third-order valence-electron chi connectivity index (χ3n) is 4.78. The first kappa shape index (κ1) is 19.7. The molecule has 0 saturated heterocycles. The molecule has 2 N–H and O–H groups in total. The molecule has 3 aromatic carbocycles. The molecule has 1 aliphatic heterocycles.